The zero-order chi connectivity index (χ0) is 72.3. The van der Waals surface area contributed by atoms with Gasteiger partial charge >= 0.3 is 35.8 Å². The van der Waals surface area contributed by atoms with E-state index in [4.69, 9.17) is 75.1 Å². The van der Waals surface area contributed by atoms with Gasteiger partial charge in [-0.25, -0.2) is 28.8 Å². The number of hydrogen-bond donors (Lipinski definition) is 11. The number of aliphatic hydroxyl groups excluding tert-OH is 11. The van der Waals surface area contributed by atoms with Gasteiger partial charge in [0.05, 0.1) is 114 Å². The highest BCUT2D eigenvalue weighted by atomic mass is 16.6. The number of rotatable bonds is 21. The second kappa shape index (κ2) is 51.3. The van der Waals surface area contributed by atoms with Crippen LogP contribution in [0.25, 0.3) is 0 Å². The molecule has 0 saturated carbocycles. The van der Waals surface area contributed by atoms with Crippen molar-refractivity contribution in [1.82, 2.24) is 0 Å². The molecule has 3 heterocycles. The van der Waals surface area contributed by atoms with E-state index in [0.29, 0.717) is 11.1 Å². The van der Waals surface area contributed by atoms with Crippen molar-refractivity contribution in [3.05, 3.63) is 239 Å². The summed E-state index contributed by atoms with van der Waals surface area (Å²) in [5, 5.41) is 86.8. The zero-order valence-corrected chi connectivity index (χ0v) is 54.9. The monoisotopic (exact) mass is 1370 g/mol. The molecule has 27 nitrogen and oxygen atoms in total. The van der Waals surface area contributed by atoms with Crippen LogP contribution in [-0.4, -0.2) is 225 Å². The maximum absolute atomic E-state index is 11.4. The topological polar surface area (TPSA) is 394 Å². The quantitative estimate of drug-likeness (QED) is 0.0279. The number of benzene rings is 6. The van der Waals surface area contributed by atoms with Gasteiger partial charge in [0, 0.05) is 62.4 Å². The van der Waals surface area contributed by atoms with Crippen molar-refractivity contribution in [2.45, 2.75) is 12.5 Å². The first-order chi connectivity index (χ1) is 47.7. The lowest BCUT2D eigenvalue weighted by molar-refractivity contribution is -0.713. The average Bonchev–Trinajstić information content (AvgIpc) is 1.59. The molecule has 0 bridgehead atoms. The highest BCUT2D eigenvalue weighted by Crippen LogP contribution is 2.41. The molecule has 6 aromatic carbocycles. The lowest BCUT2D eigenvalue weighted by Gasteiger charge is -2.31. The number of carbonyl (C=O) groups excluding carboxylic acids is 6. The molecular weight excluding hydrogens is 1280 g/mol. The second-order valence-corrected chi connectivity index (χ2v) is 19.3. The molecular formula is C71H89N4O23+. The van der Waals surface area contributed by atoms with Gasteiger partial charge in [-0.2, -0.15) is 4.57 Å². The lowest BCUT2D eigenvalue weighted by Crippen LogP contribution is -2.42. The molecule has 11 N–H and O–H groups in total. The molecule has 530 valence electrons. The molecule has 98 heavy (non-hydrogen) atoms. The van der Waals surface area contributed by atoms with E-state index in [2.05, 4.69) is 150 Å². The molecule has 2 saturated heterocycles. The zero-order valence-electron chi connectivity index (χ0n) is 54.9. The van der Waals surface area contributed by atoms with Gasteiger partial charge in [0.1, 0.15) is 37.9 Å². The maximum Gasteiger partial charge on any atom is 0.338 e. The van der Waals surface area contributed by atoms with Crippen LogP contribution < -0.4 is 19.3 Å². The third kappa shape index (κ3) is 29.5. The summed E-state index contributed by atoms with van der Waals surface area (Å²) in [5.74, 6) is -1.86. The SMILES string of the molecule is CO.COC(=O)c1ccc(C(=O)OC)cc1.O=C(OCCO)c1ccc(C(=O)OCCO)cc1.O=C(OCCO)c1ccc(C(=O)OCCO)cc1.OCCO.OCCO.OCCO.c1ccc(N2CCC([n+]3ccccc3)C2=C2N(c3ccccc3)CCN2c2ccccc2)cc1. The summed E-state index contributed by atoms with van der Waals surface area (Å²) in [5.41, 5.74) is 7.00. The Balaban J connectivity index is 0.000000440. The Hall–Kier alpha value is -10.0. The Morgan fingerprint density at radius 2 is 0.582 bits per heavy atom. The smallest absolute Gasteiger partial charge is 0.338 e. The number of nitrogens with zero attached hydrogens (tertiary/aromatic N) is 4. The summed E-state index contributed by atoms with van der Waals surface area (Å²) in [6.07, 6.45) is 5.47. The van der Waals surface area contributed by atoms with E-state index in [9.17, 15) is 28.8 Å². The van der Waals surface area contributed by atoms with Crippen molar-refractivity contribution in [2.75, 3.05) is 148 Å². The number of ether oxygens (including phenoxy) is 6. The predicted molar refractivity (Wildman–Crippen MR) is 361 cm³/mol. The first-order valence-corrected chi connectivity index (χ1v) is 30.6. The van der Waals surface area contributed by atoms with Gasteiger partial charge < -0.3 is 99.3 Å². The van der Waals surface area contributed by atoms with Crippen LogP contribution in [0.2, 0.25) is 0 Å². The van der Waals surface area contributed by atoms with Crippen molar-refractivity contribution < 1.29 is 118 Å². The van der Waals surface area contributed by atoms with Gasteiger partial charge in [-0.1, -0.05) is 60.7 Å². The predicted octanol–water partition coefficient (Wildman–Crippen LogP) is 3.37. The second-order valence-electron chi connectivity index (χ2n) is 19.3. The van der Waals surface area contributed by atoms with Crippen molar-refractivity contribution in [3.8, 4) is 0 Å². The molecule has 1 atom stereocenters. The number of carbonyl (C=O) groups is 6. The lowest BCUT2D eigenvalue weighted by atomic mass is 10.1. The number of aliphatic hydroxyl groups is 11. The fraction of sp³-hybridized carbons (Fsp3) is 0.310. The van der Waals surface area contributed by atoms with Crippen LogP contribution in [0, 0.1) is 0 Å². The van der Waals surface area contributed by atoms with E-state index in [0.717, 1.165) is 33.2 Å². The molecule has 9 rings (SSSR count). The number of methoxy groups -OCH3 is 2. The van der Waals surface area contributed by atoms with E-state index in [1.165, 1.54) is 116 Å². The van der Waals surface area contributed by atoms with Crippen molar-refractivity contribution in [3.63, 3.8) is 0 Å². The van der Waals surface area contributed by atoms with Crippen LogP contribution in [0.4, 0.5) is 17.1 Å². The summed E-state index contributed by atoms with van der Waals surface area (Å²) in [6, 6.07) is 56.5. The normalized spacial score (nSPS) is 12.2. The molecule has 0 aliphatic carbocycles. The van der Waals surface area contributed by atoms with E-state index in [1.807, 2.05) is 0 Å². The van der Waals surface area contributed by atoms with Gasteiger partial charge in [0.25, 0.3) is 0 Å². The molecule has 1 unspecified atom stereocenters. The molecule has 0 radical (unpaired) electrons. The Labute approximate surface area is 568 Å². The van der Waals surface area contributed by atoms with E-state index >= 15 is 0 Å². The number of allylic oxidation sites excluding steroid dienone is 1. The van der Waals surface area contributed by atoms with Gasteiger partial charge in [-0.15, -0.1) is 0 Å². The highest BCUT2D eigenvalue weighted by molar-refractivity contribution is 5.95. The fourth-order valence-corrected chi connectivity index (χ4v) is 8.65. The largest absolute Gasteiger partial charge is 0.465 e. The molecule has 0 spiro atoms. The maximum atomic E-state index is 11.4. The van der Waals surface area contributed by atoms with Crippen LogP contribution >= 0.6 is 0 Å². The van der Waals surface area contributed by atoms with Gasteiger partial charge in [0.15, 0.2) is 12.4 Å². The Kier molecular flexibility index (Phi) is 44.0. The molecule has 7 aromatic rings. The van der Waals surface area contributed by atoms with E-state index in [1.54, 1.807) is 0 Å². The fourth-order valence-electron chi connectivity index (χ4n) is 8.65. The number of aromatic nitrogens is 1. The molecule has 0 amide bonds. The van der Waals surface area contributed by atoms with E-state index in [-0.39, 0.29) is 121 Å². The summed E-state index contributed by atoms with van der Waals surface area (Å²) in [4.78, 5) is 75.1. The third-order valence-corrected chi connectivity index (χ3v) is 12.9. The van der Waals surface area contributed by atoms with Crippen LogP contribution in [0.3, 0.4) is 0 Å². The first kappa shape index (κ1) is 84.1. The minimum absolute atomic E-state index is 0.0703. The molecule has 1 aromatic heterocycles. The number of anilines is 3. The van der Waals surface area contributed by atoms with Crippen LogP contribution in [-0.2, 0) is 28.4 Å². The van der Waals surface area contributed by atoms with Crippen LogP contribution in [0.1, 0.15) is 74.6 Å². The molecule has 2 aliphatic rings. The van der Waals surface area contributed by atoms with Crippen LogP contribution in [0.15, 0.2) is 206 Å². The Morgan fingerprint density at radius 1 is 0.337 bits per heavy atom. The van der Waals surface area contributed by atoms with Crippen LogP contribution in [0.5, 0.6) is 0 Å². The Bertz CT molecular complexity index is 2930. The minimum Gasteiger partial charge on any atom is -0.465 e. The number of pyridine rings is 1. The summed E-state index contributed by atoms with van der Waals surface area (Å²) < 4.78 is 30.2. The Morgan fingerprint density at radius 3 is 0.827 bits per heavy atom. The van der Waals surface area contributed by atoms with Gasteiger partial charge in [-0.3, -0.25) is 0 Å². The van der Waals surface area contributed by atoms with Gasteiger partial charge in [0.2, 0.25) is 6.04 Å². The molecule has 2 aliphatic heterocycles. The number of para-hydroxylation sites is 3. The van der Waals surface area contributed by atoms with Crippen molar-refractivity contribution in [2.24, 2.45) is 0 Å². The summed E-state index contributed by atoms with van der Waals surface area (Å²) in [6.45, 7) is 0.902. The van der Waals surface area contributed by atoms with Crippen molar-refractivity contribution >= 4 is 52.9 Å². The summed E-state index contributed by atoms with van der Waals surface area (Å²) in [7, 11) is 3.60. The van der Waals surface area contributed by atoms with Crippen molar-refractivity contribution in [1.29, 1.82) is 0 Å². The molecule has 27 heteroatoms. The highest BCUT2D eigenvalue weighted by Gasteiger charge is 2.43. The average molecular weight is 1370 g/mol. The molecule has 2 fully saturated rings. The number of esters is 6. The third-order valence-electron chi connectivity index (χ3n) is 12.9. The number of hydrogen-bond acceptors (Lipinski definition) is 26. The van der Waals surface area contributed by atoms with E-state index < -0.39 is 35.8 Å². The van der Waals surface area contributed by atoms with Gasteiger partial charge in [-0.05, 0) is 109 Å². The minimum atomic E-state index is -0.570. The standard InChI is InChI=1S/C30H29N4.2C12H14O6.C10H10O4.3C2H6O2.CH4O/c1-5-13-25(14-6-1)32-22-19-28(31-20-11-4-12-21-31)29(32)30-33(26-15-7-2-8-16-26)23-24-34(30)27-17-9-3-10-18-27;2*13-5-7-17-11(15)9-1-2-10(4-3-9)12(16)18-8-6-14;1-13-9(11)7-3-5-8(6-4-7)10(12)14-2;3*3-1-2-4;1-2/h1-18,20-21,28H,19,22-24H2;2*1-4,13-14H,5-8H2;3-6H,1-2H3;3*3-4H,1-2H2;2H,1H3/q+1;;;;;;;. The first-order valence-electron chi connectivity index (χ1n) is 30.6. The summed E-state index contributed by atoms with van der Waals surface area (Å²) >= 11 is 0.